The third-order valence-corrected chi connectivity index (χ3v) is 3.78. The lowest BCUT2D eigenvalue weighted by atomic mass is 9.75. The molecule has 1 aromatic carbocycles. The third kappa shape index (κ3) is 2.72. The fraction of sp³-hybridized carbons (Fsp3) is 0.312. The molecule has 6 heteroatoms. The number of aliphatic carboxylic acids is 2. The number of carboxylic acid groups (broad SMARTS) is 2. The fourth-order valence-corrected chi connectivity index (χ4v) is 2.83. The zero-order valence-electron chi connectivity index (χ0n) is 12.5. The second kappa shape index (κ2) is 6.01. The van der Waals surface area contributed by atoms with E-state index >= 15 is 0 Å². The first-order valence-corrected chi connectivity index (χ1v) is 6.72. The summed E-state index contributed by atoms with van der Waals surface area (Å²) in [7, 11) is 1.50. The Balaban J connectivity index is 2.66. The van der Waals surface area contributed by atoms with Crippen LogP contribution in [0.4, 0.5) is 0 Å². The molecule has 1 heterocycles. The lowest BCUT2D eigenvalue weighted by Gasteiger charge is -2.29. The second-order valence-corrected chi connectivity index (χ2v) is 5.13. The number of aliphatic imine (C=N–C) groups is 1. The van der Waals surface area contributed by atoms with Crippen LogP contribution >= 0.6 is 0 Å². The lowest BCUT2D eigenvalue weighted by molar-refractivity contribution is -0.140. The molecule has 2 N–H and O–H groups in total. The Kier molecular flexibility index (Phi) is 4.30. The van der Waals surface area contributed by atoms with Crippen LogP contribution in [0.1, 0.15) is 25.3 Å². The maximum atomic E-state index is 11.7. The van der Waals surface area contributed by atoms with E-state index in [1.54, 1.807) is 38.1 Å². The van der Waals surface area contributed by atoms with Crippen LogP contribution in [0, 0.1) is 5.92 Å². The average Bonchev–Trinajstić information content (AvgIpc) is 2.45. The highest BCUT2D eigenvalue weighted by atomic mass is 16.5. The number of methoxy groups -OCH3 is 1. The van der Waals surface area contributed by atoms with Gasteiger partial charge in [-0.3, -0.25) is 9.79 Å². The van der Waals surface area contributed by atoms with E-state index in [4.69, 9.17) is 4.74 Å². The van der Waals surface area contributed by atoms with Crippen molar-refractivity contribution in [3.63, 3.8) is 0 Å². The van der Waals surface area contributed by atoms with Crippen LogP contribution in [-0.2, 0) is 9.59 Å². The zero-order chi connectivity index (χ0) is 16.4. The normalized spacial score (nSPS) is 21.3. The molecular formula is C16H17NO5. The standard InChI is InChI=1S/C16H17NO5/c1-8-12(15(18)19)14(13(16(20)21)9(2)17-8)10-5-4-6-11(7-10)22-3/h4-7,12,14H,1-3H3,(H,18,19)(H,20,21). The van der Waals surface area contributed by atoms with Crippen molar-refractivity contribution in [1.29, 1.82) is 0 Å². The minimum atomic E-state index is -1.16. The number of nitrogens with zero attached hydrogens (tertiary/aromatic N) is 1. The van der Waals surface area contributed by atoms with Gasteiger partial charge in [-0.2, -0.15) is 0 Å². The number of hydrogen-bond acceptors (Lipinski definition) is 4. The number of benzene rings is 1. The smallest absolute Gasteiger partial charge is 0.334 e. The molecule has 2 atom stereocenters. The molecule has 0 radical (unpaired) electrons. The number of hydrogen-bond donors (Lipinski definition) is 2. The average molecular weight is 303 g/mol. The predicted octanol–water partition coefficient (Wildman–Crippen LogP) is 2.31. The van der Waals surface area contributed by atoms with Crippen molar-refractivity contribution in [2.75, 3.05) is 7.11 Å². The molecule has 1 aliphatic rings. The summed E-state index contributed by atoms with van der Waals surface area (Å²) in [5, 5.41) is 19.0. The van der Waals surface area contributed by atoms with Gasteiger partial charge in [-0.15, -0.1) is 0 Å². The van der Waals surface area contributed by atoms with E-state index in [1.165, 1.54) is 7.11 Å². The predicted molar refractivity (Wildman–Crippen MR) is 80.3 cm³/mol. The van der Waals surface area contributed by atoms with Gasteiger partial charge in [0.25, 0.3) is 0 Å². The van der Waals surface area contributed by atoms with Gasteiger partial charge in [-0.1, -0.05) is 12.1 Å². The molecular weight excluding hydrogens is 286 g/mol. The Morgan fingerprint density at radius 2 is 1.91 bits per heavy atom. The van der Waals surface area contributed by atoms with E-state index < -0.39 is 23.8 Å². The minimum absolute atomic E-state index is 0.00579. The largest absolute Gasteiger partial charge is 0.497 e. The van der Waals surface area contributed by atoms with Gasteiger partial charge < -0.3 is 14.9 Å². The van der Waals surface area contributed by atoms with Crippen molar-refractivity contribution in [3.05, 3.63) is 41.1 Å². The van der Waals surface area contributed by atoms with Gasteiger partial charge in [0.1, 0.15) is 11.7 Å². The first-order valence-electron chi connectivity index (χ1n) is 6.72. The van der Waals surface area contributed by atoms with Crippen molar-refractivity contribution >= 4 is 17.7 Å². The quantitative estimate of drug-likeness (QED) is 0.889. The van der Waals surface area contributed by atoms with Crippen molar-refractivity contribution < 1.29 is 24.5 Å². The first kappa shape index (κ1) is 15.8. The Morgan fingerprint density at radius 1 is 1.23 bits per heavy atom. The van der Waals surface area contributed by atoms with Gasteiger partial charge in [-0.05, 0) is 31.5 Å². The Bertz CT molecular complexity index is 690. The van der Waals surface area contributed by atoms with Crippen LogP contribution in [-0.4, -0.2) is 35.0 Å². The van der Waals surface area contributed by atoms with E-state index in [9.17, 15) is 19.8 Å². The zero-order valence-corrected chi connectivity index (χ0v) is 12.5. The number of allylic oxidation sites excluding steroid dienone is 1. The van der Waals surface area contributed by atoms with Gasteiger partial charge in [0.05, 0.1) is 12.7 Å². The van der Waals surface area contributed by atoms with E-state index in [0.29, 0.717) is 22.7 Å². The molecule has 0 aliphatic carbocycles. The molecule has 0 aromatic heterocycles. The van der Waals surface area contributed by atoms with Crippen LogP contribution in [0.3, 0.4) is 0 Å². The highest BCUT2D eigenvalue weighted by molar-refractivity contribution is 6.06. The topological polar surface area (TPSA) is 96.2 Å². The molecule has 6 nitrogen and oxygen atoms in total. The van der Waals surface area contributed by atoms with E-state index in [0.717, 1.165) is 0 Å². The highest BCUT2D eigenvalue weighted by Crippen LogP contribution is 2.39. The summed E-state index contributed by atoms with van der Waals surface area (Å²) < 4.78 is 5.15. The van der Waals surface area contributed by atoms with Gasteiger partial charge in [0.2, 0.25) is 0 Å². The molecule has 2 unspecified atom stereocenters. The van der Waals surface area contributed by atoms with Crippen LogP contribution < -0.4 is 4.74 Å². The Hall–Kier alpha value is -2.63. The van der Waals surface area contributed by atoms with E-state index in [1.807, 2.05) is 0 Å². The first-order chi connectivity index (χ1) is 10.4. The number of ether oxygens (including phenoxy) is 1. The number of carbonyl (C=O) groups is 2. The van der Waals surface area contributed by atoms with Gasteiger partial charge in [0.15, 0.2) is 0 Å². The second-order valence-electron chi connectivity index (χ2n) is 5.13. The minimum Gasteiger partial charge on any atom is -0.497 e. The molecule has 0 amide bonds. The van der Waals surface area contributed by atoms with Crippen LogP contribution in [0.25, 0.3) is 0 Å². The molecule has 0 fully saturated rings. The lowest BCUT2D eigenvalue weighted by Crippen LogP contribution is -2.34. The molecule has 22 heavy (non-hydrogen) atoms. The molecule has 0 bridgehead atoms. The molecule has 0 saturated heterocycles. The van der Waals surface area contributed by atoms with Crippen LogP contribution in [0.5, 0.6) is 5.75 Å². The summed E-state index contributed by atoms with van der Waals surface area (Å²) in [6.07, 6.45) is 0. The van der Waals surface area contributed by atoms with Crippen molar-refractivity contribution in [1.82, 2.24) is 0 Å². The summed E-state index contributed by atoms with van der Waals surface area (Å²) in [4.78, 5) is 27.4. The Labute approximate surface area is 127 Å². The van der Waals surface area contributed by atoms with E-state index in [-0.39, 0.29) is 5.57 Å². The van der Waals surface area contributed by atoms with Crippen molar-refractivity contribution in [3.8, 4) is 5.75 Å². The maximum Gasteiger partial charge on any atom is 0.334 e. The van der Waals surface area contributed by atoms with Gasteiger partial charge in [0, 0.05) is 17.3 Å². The van der Waals surface area contributed by atoms with Crippen molar-refractivity contribution in [2.24, 2.45) is 10.9 Å². The third-order valence-electron chi connectivity index (χ3n) is 3.78. The summed E-state index contributed by atoms with van der Waals surface area (Å²) >= 11 is 0. The maximum absolute atomic E-state index is 11.7. The number of rotatable bonds is 4. The van der Waals surface area contributed by atoms with Gasteiger partial charge >= 0.3 is 11.9 Å². The Morgan fingerprint density at radius 3 is 2.45 bits per heavy atom. The molecule has 2 rings (SSSR count). The monoisotopic (exact) mass is 303 g/mol. The molecule has 0 saturated carbocycles. The molecule has 0 spiro atoms. The van der Waals surface area contributed by atoms with Crippen molar-refractivity contribution in [2.45, 2.75) is 19.8 Å². The summed E-state index contributed by atoms with van der Waals surface area (Å²) in [6, 6.07) is 6.80. The number of carboxylic acids is 2. The van der Waals surface area contributed by atoms with Crippen LogP contribution in [0.2, 0.25) is 0 Å². The summed E-state index contributed by atoms with van der Waals surface area (Å²) in [5.74, 6) is -3.53. The van der Waals surface area contributed by atoms with E-state index in [2.05, 4.69) is 4.99 Å². The molecule has 1 aromatic rings. The molecule has 116 valence electrons. The molecule has 1 aliphatic heterocycles. The highest BCUT2D eigenvalue weighted by Gasteiger charge is 2.41. The SMILES string of the molecule is COc1cccc(C2C(C(=O)O)=C(C)N=C(C)C2C(=O)O)c1. The van der Waals surface area contributed by atoms with Gasteiger partial charge in [-0.25, -0.2) is 4.79 Å². The summed E-state index contributed by atoms with van der Waals surface area (Å²) in [5.41, 5.74) is 1.31. The summed E-state index contributed by atoms with van der Waals surface area (Å²) in [6.45, 7) is 3.19. The van der Waals surface area contributed by atoms with Crippen LogP contribution in [0.15, 0.2) is 40.5 Å². The fourth-order valence-electron chi connectivity index (χ4n) is 2.83.